The van der Waals surface area contributed by atoms with Crippen LogP contribution in [0.4, 0.5) is 0 Å². The van der Waals surface area contributed by atoms with Crippen molar-refractivity contribution in [1.82, 2.24) is 0 Å². The number of ether oxygens (including phenoxy) is 8. The molecule has 0 aromatic heterocycles. The summed E-state index contributed by atoms with van der Waals surface area (Å²) in [5.41, 5.74) is -2.58. The number of allylic oxidation sites excluding steroid dienone is 3. The molecule has 3 aliphatic heterocycles. The van der Waals surface area contributed by atoms with Crippen LogP contribution in [0.25, 0.3) is 0 Å². The lowest BCUT2D eigenvalue weighted by atomic mass is 9.33. The molecular weight excluding hydrogens is 997 g/mol. The summed E-state index contributed by atoms with van der Waals surface area (Å²) in [4.78, 5) is 26.4. The summed E-state index contributed by atoms with van der Waals surface area (Å²) in [5.74, 6) is -1.53. The lowest BCUT2D eigenvalue weighted by molar-refractivity contribution is -0.398. The van der Waals surface area contributed by atoms with Gasteiger partial charge in [0, 0.05) is 17.9 Å². The van der Waals surface area contributed by atoms with Crippen molar-refractivity contribution in [3.8, 4) is 0 Å². The highest BCUT2D eigenvalue weighted by atomic mass is 16.8. The van der Waals surface area contributed by atoms with Crippen LogP contribution >= 0.6 is 0 Å². The zero-order valence-electron chi connectivity index (χ0n) is 45.9. The van der Waals surface area contributed by atoms with Gasteiger partial charge in [0.05, 0.1) is 43.5 Å². The van der Waals surface area contributed by atoms with Crippen LogP contribution in [0.5, 0.6) is 0 Å². The van der Waals surface area contributed by atoms with Gasteiger partial charge in [0.2, 0.25) is 0 Å². The molecule has 3 unspecified atom stereocenters. The molecule has 3 saturated heterocycles. The Balaban J connectivity index is 1.11. The van der Waals surface area contributed by atoms with E-state index in [1.807, 2.05) is 13.8 Å². The van der Waals surface area contributed by atoms with Gasteiger partial charge >= 0.3 is 11.9 Å². The van der Waals surface area contributed by atoms with Crippen molar-refractivity contribution in [2.45, 2.75) is 238 Å². The molecule has 11 N–H and O–H groups in total. The molecule has 0 aromatic rings. The van der Waals surface area contributed by atoms with Gasteiger partial charge in [0.25, 0.3) is 0 Å². The topological polar surface area (TPSA) is 331 Å². The standard InChI is InChI=1S/C55H88O21/c1-12-24(2)46(68)76-44-45(70-26(4)59)55(23-58)28(19-50(44,5)6)27-13-14-32-52(9)17-16-34(51(7,8)31(52)15-18-53(32,10)54(27,11)20-33(55)60)73-49-43(75-48-41(67)39(65)36(62)29(21-56)71-48)42(37(63)30(22-57)72-49)74-47-40(66)38(64)35(61)25(3)69-47/h12-13,25,28-45,47-49,56-58,60-67H,14-23H2,1-11H3/b24-12-/t25-,28?,29+,30+,31?,32?,33+,34-,35-,36-,37+,38+,39-,40+,41+,42-,43+,44-,45-,47-,48-,49-,52-,53+,54+,55-/m0/s1. The molecule has 3 heterocycles. The third kappa shape index (κ3) is 9.47. The minimum absolute atomic E-state index is 0.0123. The van der Waals surface area contributed by atoms with Crippen LogP contribution in [0, 0.1) is 50.2 Å². The molecule has 0 bridgehead atoms. The van der Waals surface area contributed by atoms with Crippen molar-refractivity contribution in [3.05, 3.63) is 23.3 Å². The molecule has 5 aliphatic carbocycles. The second-order valence-electron chi connectivity index (χ2n) is 25.6. The Bertz CT molecular complexity index is 2170. The van der Waals surface area contributed by atoms with Gasteiger partial charge in [-0.25, -0.2) is 4.79 Å². The van der Waals surface area contributed by atoms with Crippen LogP contribution in [0.15, 0.2) is 23.3 Å². The van der Waals surface area contributed by atoms with E-state index in [2.05, 4.69) is 40.7 Å². The van der Waals surface area contributed by atoms with Gasteiger partial charge in [-0.15, -0.1) is 0 Å². The molecule has 76 heavy (non-hydrogen) atoms. The number of carbonyl (C=O) groups excluding carboxylic acids is 2. The number of fused-ring (bicyclic) bond motifs is 7. The minimum Gasteiger partial charge on any atom is -0.458 e. The highest BCUT2D eigenvalue weighted by molar-refractivity contribution is 5.87. The number of esters is 2. The van der Waals surface area contributed by atoms with Gasteiger partial charge in [-0.2, -0.15) is 0 Å². The number of hydrogen-bond acceptors (Lipinski definition) is 21. The molecule has 26 atom stereocenters. The van der Waals surface area contributed by atoms with Gasteiger partial charge in [0.15, 0.2) is 18.9 Å². The van der Waals surface area contributed by atoms with Crippen LogP contribution < -0.4 is 0 Å². The second kappa shape index (κ2) is 21.6. The average molecular weight is 1090 g/mol. The first-order chi connectivity index (χ1) is 35.4. The third-order valence-electron chi connectivity index (χ3n) is 20.9. The predicted octanol–water partition coefficient (Wildman–Crippen LogP) is 0.642. The normalized spacial score (nSPS) is 51.0. The summed E-state index contributed by atoms with van der Waals surface area (Å²) < 4.78 is 49.7. The summed E-state index contributed by atoms with van der Waals surface area (Å²) in [6.45, 7) is 19.1. The van der Waals surface area contributed by atoms with Crippen molar-refractivity contribution >= 4 is 11.9 Å². The molecule has 21 nitrogen and oxygen atoms in total. The van der Waals surface area contributed by atoms with Crippen LogP contribution in [0.2, 0.25) is 0 Å². The molecule has 434 valence electrons. The highest BCUT2D eigenvalue weighted by Crippen LogP contribution is 2.76. The molecule has 0 amide bonds. The van der Waals surface area contributed by atoms with E-state index in [1.54, 1.807) is 19.9 Å². The summed E-state index contributed by atoms with van der Waals surface area (Å²) >= 11 is 0. The largest absolute Gasteiger partial charge is 0.458 e. The Labute approximate surface area is 445 Å². The van der Waals surface area contributed by atoms with Crippen LogP contribution in [0.3, 0.4) is 0 Å². The Hall–Kier alpha value is -2.26. The Morgan fingerprint density at radius 3 is 1.87 bits per heavy atom. The lowest BCUT2D eigenvalue weighted by Crippen LogP contribution is -2.72. The number of rotatable bonds is 12. The third-order valence-corrected chi connectivity index (χ3v) is 20.9. The fourth-order valence-electron chi connectivity index (χ4n) is 16.2. The van der Waals surface area contributed by atoms with E-state index in [9.17, 15) is 65.8 Å². The van der Waals surface area contributed by atoms with Crippen molar-refractivity contribution in [2.24, 2.45) is 50.2 Å². The number of hydrogen-bond donors (Lipinski definition) is 11. The van der Waals surface area contributed by atoms with Crippen molar-refractivity contribution in [3.63, 3.8) is 0 Å². The number of carbonyl (C=O) groups is 2. The van der Waals surface area contributed by atoms with Gasteiger partial charge < -0.3 is 94.1 Å². The van der Waals surface area contributed by atoms with Crippen molar-refractivity contribution < 1.29 is 104 Å². The van der Waals surface area contributed by atoms with E-state index >= 15 is 0 Å². The van der Waals surface area contributed by atoms with Gasteiger partial charge in [-0.3, -0.25) is 4.79 Å². The molecule has 8 aliphatic rings. The molecule has 7 fully saturated rings. The molecule has 0 spiro atoms. The van der Waals surface area contributed by atoms with E-state index in [0.717, 1.165) is 18.4 Å². The molecule has 8 rings (SSSR count). The van der Waals surface area contributed by atoms with Crippen LogP contribution in [0.1, 0.15) is 121 Å². The maximum atomic E-state index is 13.4. The molecule has 21 heteroatoms. The molecular formula is C55H88O21. The van der Waals surface area contributed by atoms with E-state index in [1.165, 1.54) is 13.8 Å². The minimum atomic E-state index is -1.91. The van der Waals surface area contributed by atoms with E-state index in [4.69, 9.17) is 37.9 Å². The van der Waals surface area contributed by atoms with Crippen molar-refractivity contribution in [2.75, 3.05) is 19.8 Å². The zero-order chi connectivity index (χ0) is 56.2. The summed E-state index contributed by atoms with van der Waals surface area (Å²) in [6, 6.07) is 0. The number of aliphatic hydroxyl groups excluding tert-OH is 11. The van der Waals surface area contributed by atoms with Gasteiger partial charge in [-0.1, -0.05) is 66.2 Å². The second-order valence-corrected chi connectivity index (χ2v) is 25.6. The molecule has 0 radical (unpaired) electrons. The summed E-state index contributed by atoms with van der Waals surface area (Å²) in [6.07, 6.45) is -20.3. The Kier molecular flexibility index (Phi) is 17.0. The smallest absolute Gasteiger partial charge is 0.333 e. The predicted molar refractivity (Wildman–Crippen MR) is 266 cm³/mol. The summed E-state index contributed by atoms with van der Waals surface area (Å²) in [5, 5.41) is 122. The molecule has 4 saturated carbocycles. The fraction of sp³-hybridized carbons (Fsp3) is 0.891. The SMILES string of the molecule is C/C=C(/C)C(=O)O[C@H]1[C@H](OC(C)=O)[C@@]2(CO)C(CC1(C)C)C1=CCC3[C@@]4(C)CC[C@H](O[C@@H]5O[C@H](CO)[C@@H](O)[C@H](O[C@@H]6O[C@@H](C)[C@H](O)[C@@H](O)[C@H]6O)[C@H]5O[C@@H]5O[C@H](CO)[C@H](O)[C@H](O)[C@H]5O)C(C)(C)C4CC[C@@]3(C)[C@]1(C)C[C@H]2O. The van der Waals surface area contributed by atoms with E-state index in [-0.39, 0.29) is 29.1 Å². The molecule has 0 aromatic carbocycles. The van der Waals surface area contributed by atoms with Crippen LogP contribution in [-0.4, -0.2) is 204 Å². The van der Waals surface area contributed by atoms with E-state index < -0.39 is 176 Å². The van der Waals surface area contributed by atoms with Crippen molar-refractivity contribution in [1.29, 1.82) is 0 Å². The average Bonchev–Trinajstić information content (AvgIpc) is 3.35. The maximum absolute atomic E-state index is 13.4. The quantitative estimate of drug-likeness (QED) is 0.0553. The van der Waals surface area contributed by atoms with E-state index in [0.29, 0.717) is 31.3 Å². The monoisotopic (exact) mass is 1080 g/mol. The Morgan fingerprint density at radius 1 is 0.671 bits per heavy atom. The number of aliphatic hydroxyl groups is 11. The summed E-state index contributed by atoms with van der Waals surface area (Å²) in [7, 11) is 0. The highest BCUT2D eigenvalue weighted by Gasteiger charge is 2.74. The fourth-order valence-corrected chi connectivity index (χ4v) is 16.2. The van der Waals surface area contributed by atoms with Crippen LogP contribution in [-0.2, 0) is 47.5 Å². The first kappa shape index (κ1) is 59.9. The maximum Gasteiger partial charge on any atom is 0.333 e. The van der Waals surface area contributed by atoms with Gasteiger partial charge in [-0.05, 0) is 105 Å². The first-order valence-electron chi connectivity index (χ1n) is 27.4. The first-order valence-corrected chi connectivity index (χ1v) is 27.4. The zero-order valence-corrected chi connectivity index (χ0v) is 45.9. The Morgan fingerprint density at radius 2 is 1.26 bits per heavy atom. The van der Waals surface area contributed by atoms with Gasteiger partial charge in [0.1, 0.15) is 79.4 Å². The lowest BCUT2D eigenvalue weighted by Gasteiger charge is -2.72.